The van der Waals surface area contributed by atoms with Crippen LogP contribution >= 0.6 is 0 Å². The molecule has 146 valence electrons. The molecule has 0 aliphatic rings. The van der Waals surface area contributed by atoms with Crippen LogP contribution in [0.2, 0.25) is 0 Å². The Labute approximate surface area is 159 Å². The molecule has 0 aliphatic heterocycles. The molecular weight excluding hydrogens is 390 g/mol. The molecule has 10 heteroatoms. The number of rotatable bonds is 6. The van der Waals surface area contributed by atoms with E-state index in [2.05, 4.69) is 5.32 Å². The molecule has 0 saturated heterocycles. The molecule has 8 nitrogen and oxygen atoms in total. The van der Waals surface area contributed by atoms with Crippen molar-refractivity contribution < 1.29 is 21.6 Å². The van der Waals surface area contributed by atoms with Gasteiger partial charge in [0.05, 0.1) is 23.9 Å². The maximum absolute atomic E-state index is 12.4. The third-order valence-electron chi connectivity index (χ3n) is 3.96. The van der Waals surface area contributed by atoms with Crippen molar-refractivity contribution in [2.75, 3.05) is 40.5 Å². The summed E-state index contributed by atoms with van der Waals surface area (Å²) >= 11 is 0. The molecule has 0 bridgehead atoms. The van der Waals surface area contributed by atoms with Gasteiger partial charge in [0, 0.05) is 25.3 Å². The number of nitrogens with zero attached hydrogens (tertiary/aromatic N) is 2. The smallest absolute Gasteiger partial charge is 0.255 e. The van der Waals surface area contributed by atoms with Crippen molar-refractivity contribution in [2.45, 2.75) is 0 Å². The molecule has 27 heavy (non-hydrogen) atoms. The minimum atomic E-state index is -3.41. The van der Waals surface area contributed by atoms with E-state index in [1.807, 2.05) is 0 Å². The topological polar surface area (TPSA) is 104 Å². The van der Waals surface area contributed by atoms with E-state index < -0.39 is 26.0 Å². The zero-order valence-electron chi connectivity index (χ0n) is 15.4. The second kappa shape index (κ2) is 7.57. The summed E-state index contributed by atoms with van der Waals surface area (Å²) in [5.74, 6) is -0.400. The summed E-state index contributed by atoms with van der Waals surface area (Å²) in [6.07, 6.45) is 2.18. The molecule has 2 rings (SSSR count). The highest BCUT2D eigenvalue weighted by Crippen LogP contribution is 2.21. The Morgan fingerprint density at radius 3 is 1.85 bits per heavy atom. The van der Waals surface area contributed by atoms with Crippen LogP contribution in [0.15, 0.2) is 48.5 Å². The summed E-state index contributed by atoms with van der Waals surface area (Å²) in [5, 5.41) is 2.69. The van der Waals surface area contributed by atoms with Crippen molar-refractivity contribution >= 4 is 43.0 Å². The first kappa shape index (κ1) is 20.7. The molecule has 0 radical (unpaired) electrons. The van der Waals surface area contributed by atoms with Crippen molar-refractivity contribution in [2.24, 2.45) is 0 Å². The lowest BCUT2D eigenvalue weighted by atomic mass is 10.2. The predicted octanol–water partition coefficient (Wildman–Crippen LogP) is 1.73. The summed E-state index contributed by atoms with van der Waals surface area (Å²) in [5.41, 5.74) is 1.62. The molecule has 0 aliphatic carbocycles. The number of amides is 1. The Morgan fingerprint density at radius 2 is 1.33 bits per heavy atom. The second-order valence-electron chi connectivity index (χ2n) is 6.01. The van der Waals surface area contributed by atoms with Crippen LogP contribution in [0.1, 0.15) is 10.4 Å². The quantitative estimate of drug-likeness (QED) is 0.780. The Kier molecular flexibility index (Phi) is 5.81. The highest BCUT2D eigenvalue weighted by atomic mass is 32.2. The van der Waals surface area contributed by atoms with Crippen LogP contribution < -0.4 is 13.9 Å². The van der Waals surface area contributed by atoms with Crippen LogP contribution in [0.25, 0.3) is 0 Å². The number of carbonyl (C=O) groups excluding carboxylic acids is 1. The second-order valence-corrected chi connectivity index (χ2v) is 10.0. The molecule has 1 N–H and O–H groups in total. The van der Waals surface area contributed by atoms with Gasteiger partial charge in [0.15, 0.2) is 0 Å². The molecule has 0 fully saturated rings. The van der Waals surface area contributed by atoms with Gasteiger partial charge >= 0.3 is 0 Å². The summed E-state index contributed by atoms with van der Waals surface area (Å²) in [4.78, 5) is 12.4. The highest BCUT2D eigenvalue weighted by Gasteiger charge is 2.15. The molecule has 0 unspecified atom stereocenters. The zero-order chi connectivity index (χ0) is 20.4. The van der Waals surface area contributed by atoms with Crippen molar-refractivity contribution in [3.8, 4) is 0 Å². The summed E-state index contributed by atoms with van der Waals surface area (Å²) in [6.45, 7) is 0. The van der Waals surface area contributed by atoms with Gasteiger partial charge in [-0.1, -0.05) is 6.07 Å². The first-order valence-electron chi connectivity index (χ1n) is 7.79. The molecule has 1 amide bonds. The van der Waals surface area contributed by atoms with Gasteiger partial charge in [0.2, 0.25) is 20.0 Å². The van der Waals surface area contributed by atoms with Gasteiger partial charge in [-0.2, -0.15) is 0 Å². The monoisotopic (exact) mass is 411 g/mol. The number of hydrogen-bond acceptors (Lipinski definition) is 5. The Bertz CT molecular complexity index is 1050. The van der Waals surface area contributed by atoms with E-state index in [1.165, 1.54) is 38.4 Å². The minimum absolute atomic E-state index is 0.336. The minimum Gasteiger partial charge on any atom is -0.322 e. The van der Waals surface area contributed by atoms with Crippen LogP contribution in [0.5, 0.6) is 0 Å². The number of benzene rings is 2. The summed E-state index contributed by atoms with van der Waals surface area (Å²) < 4.78 is 48.6. The Morgan fingerprint density at radius 1 is 0.815 bits per heavy atom. The van der Waals surface area contributed by atoms with Crippen LogP contribution in [0, 0.1) is 0 Å². The van der Waals surface area contributed by atoms with Gasteiger partial charge < -0.3 is 5.32 Å². The molecule has 0 atom stereocenters. The third kappa shape index (κ3) is 5.20. The molecule has 2 aromatic rings. The predicted molar refractivity (Wildman–Crippen MR) is 107 cm³/mol. The van der Waals surface area contributed by atoms with Crippen LogP contribution in [-0.4, -0.2) is 49.3 Å². The van der Waals surface area contributed by atoms with E-state index in [9.17, 15) is 21.6 Å². The SMILES string of the molecule is CN(c1ccc(C(=O)Nc2cccc(N(C)S(C)(=O)=O)c2)cc1)S(C)(=O)=O. The lowest BCUT2D eigenvalue weighted by molar-refractivity contribution is 0.102. The molecule has 0 heterocycles. The van der Waals surface area contributed by atoms with Crippen LogP contribution in [0.4, 0.5) is 17.1 Å². The Hall–Kier alpha value is -2.59. The highest BCUT2D eigenvalue weighted by molar-refractivity contribution is 7.92. The lowest BCUT2D eigenvalue weighted by Gasteiger charge is -2.18. The maximum Gasteiger partial charge on any atom is 0.255 e. The first-order chi connectivity index (χ1) is 12.4. The first-order valence-corrected chi connectivity index (χ1v) is 11.5. The van der Waals surface area contributed by atoms with Crippen LogP contribution in [0.3, 0.4) is 0 Å². The van der Waals surface area contributed by atoms with E-state index in [-0.39, 0.29) is 0 Å². The zero-order valence-corrected chi connectivity index (χ0v) is 17.0. The molecule has 2 aromatic carbocycles. The van der Waals surface area contributed by atoms with Gasteiger partial charge in [0.1, 0.15) is 0 Å². The van der Waals surface area contributed by atoms with Gasteiger partial charge in [-0.15, -0.1) is 0 Å². The van der Waals surface area contributed by atoms with Gasteiger partial charge in [-0.3, -0.25) is 13.4 Å². The molecule has 0 spiro atoms. The molecular formula is C17H21N3O5S2. The number of hydrogen-bond donors (Lipinski definition) is 1. The fourth-order valence-electron chi connectivity index (χ4n) is 2.19. The number of nitrogens with one attached hydrogen (secondary N) is 1. The van der Waals surface area contributed by atoms with E-state index in [1.54, 1.807) is 24.3 Å². The normalized spacial score (nSPS) is 11.7. The Balaban J connectivity index is 2.18. The van der Waals surface area contributed by atoms with Crippen molar-refractivity contribution in [3.63, 3.8) is 0 Å². The van der Waals surface area contributed by atoms with Crippen LogP contribution in [-0.2, 0) is 20.0 Å². The van der Waals surface area contributed by atoms with Crippen molar-refractivity contribution in [1.82, 2.24) is 0 Å². The third-order valence-corrected chi connectivity index (χ3v) is 6.37. The standard InChI is InChI=1S/C17H21N3O5S2/c1-19(26(3,22)23)15-10-8-13(9-11-15)17(21)18-14-6-5-7-16(12-14)20(2)27(4,24)25/h5-12H,1-4H3,(H,18,21). The van der Waals surface area contributed by atoms with E-state index >= 15 is 0 Å². The average molecular weight is 412 g/mol. The maximum atomic E-state index is 12.4. The fraction of sp³-hybridized carbons (Fsp3) is 0.235. The average Bonchev–Trinajstić information content (AvgIpc) is 2.59. The van der Waals surface area contributed by atoms with Crippen molar-refractivity contribution in [3.05, 3.63) is 54.1 Å². The number of anilines is 3. The summed E-state index contributed by atoms with van der Waals surface area (Å²) in [6, 6.07) is 12.5. The van der Waals surface area contributed by atoms with E-state index in [0.717, 1.165) is 21.1 Å². The van der Waals surface area contributed by atoms with Gasteiger partial charge in [0.25, 0.3) is 5.91 Å². The summed E-state index contributed by atoms with van der Waals surface area (Å²) in [7, 11) is -3.95. The molecule has 0 saturated carbocycles. The number of carbonyl (C=O) groups is 1. The van der Waals surface area contributed by atoms with E-state index in [4.69, 9.17) is 0 Å². The fourth-order valence-corrected chi connectivity index (χ4v) is 3.19. The molecule has 0 aromatic heterocycles. The van der Waals surface area contributed by atoms with E-state index in [0.29, 0.717) is 22.6 Å². The van der Waals surface area contributed by atoms with Crippen molar-refractivity contribution in [1.29, 1.82) is 0 Å². The van der Waals surface area contributed by atoms with Gasteiger partial charge in [-0.25, -0.2) is 16.8 Å². The lowest BCUT2D eigenvalue weighted by Crippen LogP contribution is -2.25. The van der Waals surface area contributed by atoms with Gasteiger partial charge in [-0.05, 0) is 42.5 Å². The number of sulfonamides is 2. The largest absolute Gasteiger partial charge is 0.322 e.